The Morgan fingerprint density at radius 1 is 1.44 bits per heavy atom. The molecule has 2 atom stereocenters. The Morgan fingerprint density at radius 2 is 2.28 bits per heavy atom. The van der Waals surface area contributed by atoms with Crippen molar-refractivity contribution in [3.05, 3.63) is 23.4 Å². The summed E-state index contributed by atoms with van der Waals surface area (Å²) < 4.78 is 5.36. The van der Waals surface area contributed by atoms with Crippen LogP contribution >= 0.6 is 11.3 Å². The molecule has 2 heterocycles. The van der Waals surface area contributed by atoms with Crippen molar-refractivity contribution in [3.63, 3.8) is 0 Å². The molecule has 4 nitrogen and oxygen atoms in total. The van der Waals surface area contributed by atoms with Gasteiger partial charge >= 0.3 is 0 Å². The third kappa shape index (κ3) is 2.97. The second-order valence-electron chi connectivity index (χ2n) is 4.46. The summed E-state index contributed by atoms with van der Waals surface area (Å²) >= 11 is 1.62. The van der Waals surface area contributed by atoms with Crippen molar-refractivity contribution in [2.75, 3.05) is 6.54 Å². The maximum atomic E-state index is 5.36. The first-order chi connectivity index (χ1) is 8.72. The molecule has 0 aliphatic carbocycles. The molecule has 0 aromatic carbocycles. The quantitative estimate of drug-likeness (QED) is 0.870. The van der Waals surface area contributed by atoms with Gasteiger partial charge in [-0.15, -0.1) is 11.3 Å². The molecule has 0 spiro atoms. The Balaban J connectivity index is 2.05. The molecule has 18 heavy (non-hydrogen) atoms. The van der Waals surface area contributed by atoms with Crippen LogP contribution in [0.3, 0.4) is 0 Å². The Morgan fingerprint density at radius 3 is 2.94 bits per heavy atom. The zero-order valence-corrected chi connectivity index (χ0v) is 11.8. The van der Waals surface area contributed by atoms with E-state index in [1.54, 1.807) is 11.3 Å². The molecule has 2 rings (SSSR count). The minimum Gasteiger partial charge on any atom is -0.339 e. The first-order valence-electron chi connectivity index (χ1n) is 6.33. The third-order valence-corrected chi connectivity index (χ3v) is 3.90. The van der Waals surface area contributed by atoms with Crippen LogP contribution in [-0.4, -0.2) is 22.7 Å². The predicted octanol–water partition coefficient (Wildman–Crippen LogP) is 3.29. The third-order valence-electron chi connectivity index (χ3n) is 3.04. The highest BCUT2D eigenvalue weighted by Gasteiger charge is 2.20. The van der Waals surface area contributed by atoms with Crippen molar-refractivity contribution < 1.29 is 4.52 Å². The first kappa shape index (κ1) is 13.2. The van der Waals surface area contributed by atoms with E-state index in [9.17, 15) is 0 Å². The summed E-state index contributed by atoms with van der Waals surface area (Å²) in [4.78, 5) is 5.52. The molecule has 0 fully saturated rings. The zero-order chi connectivity index (χ0) is 13.0. The van der Waals surface area contributed by atoms with E-state index in [4.69, 9.17) is 4.52 Å². The molecule has 0 bridgehead atoms. The van der Waals surface area contributed by atoms with E-state index in [-0.39, 0.29) is 5.92 Å². The predicted molar refractivity (Wildman–Crippen MR) is 73.8 cm³/mol. The molecule has 0 amide bonds. The molecule has 0 aliphatic rings. The summed E-state index contributed by atoms with van der Waals surface area (Å²) in [7, 11) is 0. The largest absolute Gasteiger partial charge is 0.339 e. The lowest BCUT2D eigenvalue weighted by molar-refractivity contribution is 0.331. The van der Waals surface area contributed by atoms with Crippen LogP contribution in [0.1, 0.15) is 39.0 Å². The fraction of sp³-hybridized carbons (Fsp3) is 0.538. The average Bonchev–Trinajstić information content (AvgIpc) is 3.04. The van der Waals surface area contributed by atoms with Gasteiger partial charge in [-0.3, -0.25) is 0 Å². The van der Waals surface area contributed by atoms with Gasteiger partial charge in [0.15, 0.2) is 0 Å². The number of hydrogen-bond donors (Lipinski definition) is 1. The summed E-state index contributed by atoms with van der Waals surface area (Å²) in [5.74, 6) is 1.61. The van der Waals surface area contributed by atoms with Crippen LogP contribution in [0.25, 0.3) is 10.7 Å². The van der Waals surface area contributed by atoms with Crippen LogP contribution in [-0.2, 0) is 0 Å². The minimum atomic E-state index is 0.220. The van der Waals surface area contributed by atoms with Crippen molar-refractivity contribution >= 4 is 11.3 Å². The SMILES string of the molecule is CCCNC(C)C(C)c1nc(-c2cccs2)no1. The average molecular weight is 265 g/mol. The minimum absolute atomic E-state index is 0.220. The molecule has 0 saturated heterocycles. The van der Waals surface area contributed by atoms with E-state index in [0.717, 1.165) is 17.8 Å². The van der Waals surface area contributed by atoms with E-state index < -0.39 is 0 Å². The van der Waals surface area contributed by atoms with E-state index in [0.29, 0.717) is 17.8 Å². The summed E-state index contributed by atoms with van der Waals surface area (Å²) in [6.45, 7) is 7.43. The van der Waals surface area contributed by atoms with Crippen LogP contribution in [0.15, 0.2) is 22.0 Å². The maximum absolute atomic E-state index is 5.36. The van der Waals surface area contributed by atoms with Crippen molar-refractivity contribution in [1.29, 1.82) is 0 Å². The molecular formula is C13H19N3OS. The fourth-order valence-corrected chi connectivity index (χ4v) is 2.34. The van der Waals surface area contributed by atoms with Gasteiger partial charge in [0, 0.05) is 6.04 Å². The van der Waals surface area contributed by atoms with Gasteiger partial charge in [0.1, 0.15) is 0 Å². The second-order valence-corrected chi connectivity index (χ2v) is 5.41. The topological polar surface area (TPSA) is 51.0 Å². The number of aromatic nitrogens is 2. The number of thiophene rings is 1. The van der Waals surface area contributed by atoms with Gasteiger partial charge in [-0.25, -0.2) is 0 Å². The van der Waals surface area contributed by atoms with Crippen LogP contribution in [0.2, 0.25) is 0 Å². The van der Waals surface area contributed by atoms with Gasteiger partial charge in [0.05, 0.1) is 10.8 Å². The first-order valence-corrected chi connectivity index (χ1v) is 7.21. The van der Waals surface area contributed by atoms with Gasteiger partial charge < -0.3 is 9.84 Å². The highest BCUT2D eigenvalue weighted by molar-refractivity contribution is 7.13. The van der Waals surface area contributed by atoms with Gasteiger partial charge in [0.25, 0.3) is 0 Å². The molecule has 2 aromatic rings. The van der Waals surface area contributed by atoms with Gasteiger partial charge in [-0.05, 0) is 31.3 Å². The van der Waals surface area contributed by atoms with Gasteiger partial charge in [-0.1, -0.05) is 25.1 Å². The molecule has 5 heteroatoms. The number of rotatable bonds is 6. The standard InChI is InChI=1S/C13H19N3OS/c1-4-7-14-10(3)9(2)13-15-12(16-17-13)11-6-5-8-18-11/h5-6,8-10,14H,4,7H2,1-3H3. The molecule has 2 unspecified atom stereocenters. The monoisotopic (exact) mass is 265 g/mol. The lowest BCUT2D eigenvalue weighted by atomic mass is 10.0. The Kier molecular flexibility index (Phi) is 4.49. The fourth-order valence-electron chi connectivity index (χ4n) is 1.69. The number of nitrogens with zero attached hydrogens (tertiary/aromatic N) is 2. The van der Waals surface area contributed by atoms with E-state index in [1.807, 2.05) is 17.5 Å². The number of hydrogen-bond acceptors (Lipinski definition) is 5. The maximum Gasteiger partial charge on any atom is 0.231 e. The zero-order valence-electron chi connectivity index (χ0n) is 11.0. The van der Waals surface area contributed by atoms with Crippen molar-refractivity contribution in [1.82, 2.24) is 15.5 Å². The summed E-state index contributed by atoms with van der Waals surface area (Å²) in [6.07, 6.45) is 1.13. The van der Waals surface area contributed by atoms with E-state index >= 15 is 0 Å². The highest BCUT2D eigenvalue weighted by atomic mass is 32.1. The van der Waals surface area contributed by atoms with Crippen molar-refractivity contribution in [2.45, 2.75) is 39.2 Å². The normalized spacial score (nSPS) is 14.6. The molecule has 1 N–H and O–H groups in total. The smallest absolute Gasteiger partial charge is 0.231 e. The van der Waals surface area contributed by atoms with Crippen LogP contribution < -0.4 is 5.32 Å². The lowest BCUT2D eigenvalue weighted by Crippen LogP contribution is -2.31. The van der Waals surface area contributed by atoms with E-state index in [2.05, 4.69) is 36.2 Å². The van der Waals surface area contributed by atoms with Crippen LogP contribution in [0, 0.1) is 0 Å². The van der Waals surface area contributed by atoms with Crippen LogP contribution in [0.4, 0.5) is 0 Å². The second kappa shape index (κ2) is 6.11. The summed E-state index contributed by atoms with van der Waals surface area (Å²) in [5.41, 5.74) is 0. The Hall–Kier alpha value is -1.20. The Labute approximate surface area is 111 Å². The van der Waals surface area contributed by atoms with E-state index in [1.165, 1.54) is 0 Å². The van der Waals surface area contributed by atoms with Crippen molar-refractivity contribution in [3.8, 4) is 10.7 Å². The molecule has 98 valence electrons. The molecular weight excluding hydrogens is 246 g/mol. The van der Waals surface area contributed by atoms with Crippen LogP contribution in [0.5, 0.6) is 0 Å². The van der Waals surface area contributed by atoms with Gasteiger partial charge in [-0.2, -0.15) is 4.98 Å². The summed E-state index contributed by atoms with van der Waals surface area (Å²) in [5, 5.41) is 9.50. The molecule has 0 radical (unpaired) electrons. The highest BCUT2D eigenvalue weighted by Crippen LogP contribution is 2.24. The summed E-state index contributed by atoms with van der Waals surface area (Å²) in [6, 6.07) is 4.33. The number of nitrogens with one attached hydrogen (secondary N) is 1. The van der Waals surface area contributed by atoms with Crippen molar-refractivity contribution in [2.24, 2.45) is 0 Å². The molecule has 0 aliphatic heterocycles. The molecule has 2 aromatic heterocycles. The lowest BCUT2D eigenvalue weighted by Gasteiger charge is -2.17. The Bertz CT molecular complexity index is 466. The van der Waals surface area contributed by atoms with Gasteiger partial charge in [0.2, 0.25) is 11.7 Å². The molecule has 0 saturated carbocycles.